The highest BCUT2D eigenvalue weighted by Crippen LogP contribution is 2.06. The molecule has 0 spiro atoms. The Morgan fingerprint density at radius 1 is 1.20 bits per heavy atom. The molecule has 0 atom stereocenters. The molecule has 1 aromatic carbocycles. The Kier molecular flexibility index (Phi) is 5.78. The number of carboxylic acids is 1. The monoisotopic (exact) mass is 274 g/mol. The van der Waals surface area contributed by atoms with Crippen LogP contribution >= 0.6 is 0 Å². The Bertz CT molecular complexity index is 584. The van der Waals surface area contributed by atoms with Crippen LogP contribution in [0.1, 0.15) is 22.8 Å². The highest BCUT2D eigenvalue weighted by atomic mass is 16.4. The Balaban J connectivity index is 2.79. The van der Waals surface area contributed by atoms with Gasteiger partial charge < -0.3 is 15.7 Å². The lowest BCUT2D eigenvalue weighted by atomic mass is 10.1. The first-order valence-electron chi connectivity index (χ1n) is 5.83. The molecule has 0 saturated carbocycles. The standard InChI is InChI=1S/C14H14N2O4/c1-10(17)15-8-4-6-11-5-2-3-7-12(11)14(20)16-9-13(18)19/h2-3,5,7H,8-9H2,1H3,(H,15,17)(H,16,20)(H,18,19). The number of aliphatic carboxylic acids is 1. The SMILES string of the molecule is CC(=O)NCC#Cc1ccccc1C(=O)NCC(=O)O. The largest absolute Gasteiger partial charge is 0.480 e. The molecule has 6 nitrogen and oxygen atoms in total. The molecule has 0 bridgehead atoms. The summed E-state index contributed by atoms with van der Waals surface area (Å²) in [6.45, 7) is 1.11. The van der Waals surface area contributed by atoms with Crippen LogP contribution in [0.5, 0.6) is 0 Å². The number of carbonyl (C=O) groups is 3. The van der Waals surface area contributed by atoms with Crippen molar-refractivity contribution in [1.82, 2.24) is 10.6 Å². The molecule has 1 aromatic rings. The fourth-order valence-electron chi connectivity index (χ4n) is 1.35. The number of nitrogens with one attached hydrogen (secondary N) is 2. The van der Waals surface area contributed by atoms with Gasteiger partial charge in [0, 0.05) is 12.5 Å². The van der Waals surface area contributed by atoms with Crippen LogP contribution in [0.15, 0.2) is 24.3 Å². The molecule has 0 radical (unpaired) electrons. The van der Waals surface area contributed by atoms with E-state index in [0.717, 1.165) is 0 Å². The first-order chi connectivity index (χ1) is 9.50. The van der Waals surface area contributed by atoms with Crippen molar-refractivity contribution in [2.45, 2.75) is 6.92 Å². The van der Waals surface area contributed by atoms with Gasteiger partial charge in [0.2, 0.25) is 5.91 Å². The smallest absolute Gasteiger partial charge is 0.322 e. The van der Waals surface area contributed by atoms with E-state index < -0.39 is 18.4 Å². The molecule has 0 aliphatic heterocycles. The maximum absolute atomic E-state index is 11.8. The third-order valence-electron chi connectivity index (χ3n) is 2.22. The molecule has 104 valence electrons. The summed E-state index contributed by atoms with van der Waals surface area (Å²) >= 11 is 0. The predicted molar refractivity (Wildman–Crippen MR) is 72.0 cm³/mol. The minimum absolute atomic E-state index is 0.181. The fourth-order valence-corrected chi connectivity index (χ4v) is 1.35. The van der Waals surface area contributed by atoms with E-state index in [1.165, 1.54) is 6.92 Å². The first-order valence-corrected chi connectivity index (χ1v) is 5.83. The van der Waals surface area contributed by atoms with Crippen LogP contribution in [0.2, 0.25) is 0 Å². The highest BCUT2D eigenvalue weighted by molar-refractivity contribution is 5.98. The number of rotatable bonds is 4. The minimum atomic E-state index is -1.12. The molecule has 0 unspecified atom stereocenters. The second-order valence-corrected chi connectivity index (χ2v) is 3.83. The number of hydrogen-bond acceptors (Lipinski definition) is 3. The van der Waals surface area contributed by atoms with Gasteiger partial charge in [-0.15, -0.1) is 0 Å². The van der Waals surface area contributed by atoms with E-state index in [0.29, 0.717) is 11.1 Å². The normalized spacial score (nSPS) is 9.05. The second kappa shape index (κ2) is 7.59. The summed E-state index contributed by atoms with van der Waals surface area (Å²) in [6.07, 6.45) is 0. The summed E-state index contributed by atoms with van der Waals surface area (Å²) in [7, 11) is 0. The van der Waals surface area contributed by atoms with E-state index in [1.54, 1.807) is 24.3 Å². The Labute approximate surface area is 116 Å². The molecule has 20 heavy (non-hydrogen) atoms. The first kappa shape index (κ1) is 15.2. The van der Waals surface area contributed by atoms with Crippen molar-refractivity contribution in [3.05, 3.63) is 35.4 Å². The molecule has 0 aromatic heterocycles. The van der Waals surface area contributed by atoms with Crippen molar-refractivity contribution in [3.8, 4) is 11.8 Å². The van der Waals surface area contributed by atoms with E-state index in [9.17, 15) is 14.4 Å². The van der Waals surface area contributed by atoms with Crippen LogP contribution in [0, 0.1) is 11.8 Å². The molecule has 3 N–H and O–H groups in total. The maximum Gasteiger partial charge on any atom is 0.322 e. The van der Waals surface area contributed by atoms with E-state index in [2.05, 4.69) is 22.5 Å². The summed E-state index contributed by atoms with van der Waals surface area (Å²) < 4.78 is 0. The molecule has 0 aliphatic rings. The molecule has 6 heteroatoms. The van der Waals surface area contributed by atoms with Gasteiger partial charge in [0.15, 0.2) is 0 Å². The lowest BCUT2D eigenvalue weighted by Crippen LogP contribution is -2.29. The molecule has 0 heterocycles. The Hall–Kier alpha value is -2.81. The van der Waals surface area contributed by atoms with E-state index in [1.807, 2.05) is 0 Å². The van der Waals surface area contributed by atoms with Gasteiger partial charge >= 0.3 is 5.97 Å². The Morgan fingerprint density at radius 2 is 1.90 bits per heavy atom. The van der Waals surface area contributed by atoms with Crippen LogP contribution in [0.4, 0.5) is 0 Å². The van der Waals surface area contributed by atoms with Gasteiger partial charge in [0.25, 0.3) is 5.91 Å². The van der Waals surface area contributed by atoms with Crippen LogP contribution < -0.4 is 10.6 Å². The number of carboxylic acid groups (broad SMARTS) is 1. The van der Waals surface area contributed by atoms with Gasteiger partial charge in [0.1, 0.15) is 6.54 Å². The van der Waals surface area contributed by atoms with Crippen molar-refractivity contribution >= 4 is 17.8 Å². The lowest BCUT2D eigenvalue weighted by molar-refractivity contribution is -0.135. The van der Waals surface area contributed by atoms with Crippen LogP contribution in [-0.4, -0.2) is 36.0 Å². The molecular weight excluding hydrogens is 260 g/mol. The van der Waals surface area contributed by atoms with Crippen molar-refractivity contribution < 1.29 is 19.5 Å². The van der Waals surface area contributed by atoms with Gasteiger partial charge in [-0.3, -0.25) is 14.4 Å². The zero-order valence-electron chi connectivity index (χ0n) is 10.9. The van der Waals surface area contributed by atoms with Crippen molar-refractivity contribution in [3.63, 3.8) is 0 Å². The summed E-state index contributed by atoms with van der Waals surface area (Å²) in [4.78, 5) is 32.9. The molecule has 2 amide bonds. The number of carbonyl (C=O) groups excluding carboxylic acids is 2. The maximum atomic E-state index is 11.8. The molecule has 0 saturated heterocycles. The predicted octanol–water partition coefficient (Wildman–Crippen LogP) is -0.0114. The highest BCUT2D eigenvalue weighted by Gasteiger charge is 2.10. The molecule has 1 rings (SSSR count). The average Bonchev–Trinajstić information content (AvgIpc) is 2.41. The zero-order chi connectivity index (χ0) is 15.0. The third-order valence-corrected chi connectivity index (χ3v) is 2.22. The number of hydrogen-bond donors (Lipinski definition) is 3. The topological polar surface area (TPSA) is 95.5 Å². The fraction of sp³-hybridized carbons (Fsp3) is 0.214. The van der Waals surface area contributed by atoms with Crippen LogP contribution in [0.25, 0.3) is 0 Å². The van der Waals surface area contributed by atoms with Crippen molar-refractivity contribution in [1.29, 1.82) is 0 Å². The Morgan fingerprint density at radius 3 is 2.55 bits per heavy atom. The van der Waals surface area contributed by atoms with Gasteiger partial charge in [-0.2, -0.15) is 0 Å². The van der Waals surface area contributed by atoms with E-state index in [4.69, 9.17) is 5.11 Å². The quantitative estimate of drug-likeness (QED) is 0.673. The molecular formula is C14H14N2O4. The summed E-state index contributed by atoms with van der Waals surface area (Å²) in [5.41, 5.74) is 0.768. The van der Waals surface area contributed by atoms with Crippen molar-refractivity contribution in [2.24, 2.45) is 0 Å². The summed E-state index contributed by atoms with van der Waals surface area (Å²) in [6, 6.07) is 6.58. The van der Waals surface area contributed by atoms with E-state index in [-0.39, 0.29) is 12.5 Å². The summed E-state index contributed by atoms with van der Waals surface area (Å²) in [5.74, 6) is 3.67. The molecule has 0 fully saturated rings. The second-order valence-electron chi connectivity index (χ2n) is 3.83. The van der Waals surface area contributed by atoms with Crippen molar-refractivity contribution in [2.75, 3.05) is 13.1 Å². The third kappa shape index (κ3) is 5.23. The minimum Gasteiger partial charge on any atom is -0.480 e. The van der Waals surface area contributed by atoms with Gasteiger partial charge in [0.05, 0.1) is 12.1 Å². The van der Waals surface area contributed by atoms with E-state index >= 15 is 0 Å². The van der Waals surface area contributed by atoms with Gasteiger partial charge in [-0.1, -0.05) is 24.0 Å². The zero-order valence-corrected chi connectivity index (χ0v) is 10.9. The lowest BCUT2D eigenvalue weighted by Gasteiger charge is -2.04. The van der Waals surface area contributed by atoms with Crippen LogP contribution in [-0.2, 0) is 9.59 Å². The average molecular weight is 274 g/mol. The number of amides is 2. The number of benzene rings is 1. The molecule has 0 aliphatic carbocycles. The van der Waals surface area contributed by atoms with Crippen LogP contribution in [0.3, 0.4) is 0 Å². The van der Waals surface area contributed by atoms with Gasteiger partial charge in [-0.25, -0.2) is 0 Å². The summed E-state index contributed by atoms with van der Waals surface area (Å²) in [5, 5.41) is 13.3. The van der Waals surface area contributed by atoms with Gasteiger partial charge in [-0.05, 0) is 12.1 Å².